The minimum absolute atomic E-state index is 0.184. The Balaban J connectivity index is 2.87. The van der Waals surface area contributed by atoms with E-state index in [1.165, 1.54) is 0 Å². The summed E-state index contributed by atoms with van der Waals surface area (Å²) in [6, 6.07) is 2.10. The zero-order valence-corrected chi connectivity index (χ0v) is 14.1. The quantitative estimate of drug-likeness (QED) is 0.843. The summed E-state index contributed by atoms with van der Waals surface area (Å²) in [5.74, 6) is 0. The van der Waals surface area contributed by atoms with Crippen LogP contribution >= 0.6 is 0 Å². The van der Waals surface area contributed by atoms with Crippen molar-refractivity contribution in [1.82, 2.24) is 0 Å². The molecular weight excluding hydrogens is 276 g/mol. The van der Waals surface area contributed by atoms with Gasteiger partial charge in [-0.15, -0.1) is 0 Å². The van der Waals surface area contributed by atoms with Gasteiger partial charge in [0.25, 0.3) is 0 Å². The molecule has 2 unspecified atom stereocenters. The van der Waals surface area contributed by atoms with Crippen LogP contribution in [0.1, 0.15) is 68.0 Å². The third kappa shape index (κ3) is 2.88. The fourth-order valence-electron chi connectivity index (χ4n) is 3.28. The fraction of sp³-hybridized carbons (Fsp3) is 0.526. The summed E-state index contributed by atoms with van der Waals surface area (Å²) in [4.78, 5) is 11.5. The van der Waals surface area contributed by atoms with Gasteiger partial charge in [-0.3, -0.25) is 4.79 Å². The number of aliphatic hydroxyl groups is 2. The Labute approximate surface area is 132 Å². The molecule has 22 heavy (non-hydrogen) atoms. The molecule has 120 valence electrons. The fourth-order valence-corrected chi connectivity index (χ4v) is 3.28. The average molecular weight is 302 g/mol. The number of hydrogen-bond donors (Lipinski definition) is 2. The molecule has 2 atom stereocenters. The van der Waals surface area contributed by atoms with E-state index >= 15 is 0 Å². The molecule has 0 saturated heterocycles. The van der Waals surface area contributed by atoms with E-state index in [0.29, 0.717) is 11.1 Å². The van der Waals surface area contributed by atoms with Crippen LogP contribution in [0.2, 0.25) is 0 Å². The Bertz CT molecular complexity index is 619. The molecule has 3 nitrogen and oxygen atoms in total. The van der Waals surface area contributed by atoms with Crippen LogP contribution < -0.4 is 0 Å². The third-order valence-electron chi connectivity index (χ3n) is 4.43. The minimum Gasteiger partial charge on any atom is -0.390 e. The van der Waals surface area contributed by atoms with Crippen LogP contribution in [0, 0.1) is 6.92 Å². The van der Waals surface area contributed by atoms with Crippen molar-refractivity contribution in [3.8, 4) is 0 Å². The molecule has 2 rings (SSSR count). The van der Waals surface area contributed by atoms with E-state index < -0.39 is 12.2 Å². The largest absolute Gasteiger partial charge is 0.390 e. The van der Waals surface area contributed by atoms with Crippen LogP contribution in [0.25, 0.3) is 5.57 Å². The molecule has 0 radical (unpaired) electrons. The summed E-state index contributed by atoms with van der Waals surface area (Å²) in [7, 11) is 0. The normalized spacial score (nSPS) is 17.5. The first-order chi connectivity index (χ1) is 10.2. The molecule has 0 heterocycles. The van der Waals surface area contributed by atoms with Crippen LogP contribution in [0.3, 0.4) is 0 Å². The van der Waals surface area contributed by atoms with Gasteiger partial charge in [-0.05, 0) is 59.9 Å². The first-order valence-corrected chi connectivity index (χ1v) is 7.87. The van der Waals surface area contributed by atoms with Crippen molar-refractivity contribution in [2.75, 3.05) is 0 Å². The average Bonchev–Trinajstić information content (AvgIpc) is 2.44. The van der Waals surface area contributed by atoms with Gasteiger partial charge in [0.1, 0.15) is 12.4 Å². The molecule has 0 fully saturated rings. The maximum absolute atomic E-state index is 11.5. The van der Waals surface area contributed by atoms with Crippen molar-refractivity contribution in [1.29, 1.82) is 0 Å². The second-order valence-corrected chi connectivity index (χ2v) is 7.26. The first kappa shape index (κ1) is 16.9. The first-order valence-electron chi connectivity index (χ1n) is 7.87. The summed E-state index contributed by atoms with van der Waals surface area (Å²) in [6.45, 7) is 9.88. The molecule has 1 aromatic rings. The van der Waals surface area contributed by atoms with E-state index in [1.54, 1.807) is 6.92 Å². The summed E-state index contributed by atoms with van der Waals surface area (Å²) in [6.07, 6.45) is 2.61. The number of rotatable bonds is 3. The van der Waals surface area contributed by atoms with Crippen molar-refractivity contribution < 1.29 is 15.0 Å². The van der Waals surface area contributed by atoms with Crippen molar-refractivity contribution in [2.24, 2.45) is 0 Å². The molecule has 2 N–H and O–H groups in total. The van der Waals surface area contributed by atoms with E-state index in [9.17, 15) is 15.0 Å². The molecule has 0 bridgehead atoms. The number of carbonyl (C=O) groups is 1. The number of aldehydes is 1. The van der Waals surface area contributed by atoms with Crippen LogP contribution in [0.5, 0.6) is 0 Å². The number of fused-ring (bicyclic) bond motifs is 1. The van der Waals surface area contributed by atoms with Crippen molar-refractivity contribution in [3.63, 3.8) is 0 Å². The maximum atomic E-state index is 11.5. The minimum atomic E-state index is -0.995. The summed E-state index contributed by atoms with van der Waals surface area (Å²) >= 11 is 0. The Morgan fingerprint density at radius 3 is 2.41 bits per heavy atom. The summed E-state index contributed by atoms with van der Waals surface area (Å²) in [5, 5.41) is 20.5. The Morgan fingerprint density at radius 1 is 1.27 bits per heavy atom. The lowest BCUT2D eigenvalue weighted by Gasteiger charge is -2.32. The highest BCUT2D eigenvalue weighted by molar-refractivity contribution is 6.09. The van der Waals surface area contributed by atoms with Gasteiger partial charge in [0.15, 0.2) is 0 Å². The standard InChI is InChI=1S/C19H26O3/c1-11-9-15(19(3,4)5)17(18(22)12(2)21)16-13(10-20)7-6-8-14(11)16/h7,9-10,12,18,21-22H,6,8H2,1-5H3. The highest BCUT2D eigenvalue weighted by Crippen LogP contribution is 2.41. The van der Waals surface area contributed by atoms with Crippen LogP contribution in [-0.4, -0.2) is 22.6 Å². The molecule has 3 heteroatoms. The van der Waals surface area contributed by atoms with E-state index in [0.717, 1.165) is 41.4 Å². The maximum Gasteiger partial charge on any atom is 0.150 e. The monoisotopic (exact) mass is 302 g/mol. The van der Waals surface area contributed by atoms with E-state index in [-0.39, 0.29) is 5.41 Å². The number of benzene rings is 1. The molecule has 1 aliphatic carbocycles. The second kappa shape index (κ2) is 5.98. The Hall–Kier alpha value is -1.45. The van der Waals surface area contributed by atoms with Gasteiger partial charge in [-0.25, -0.2) is 0 Å². The predicted octanol–water partition coefficient (Wildman–Crippen LogP) is 3.24. The van der Waals surface area contributed by atoms with Crippen molar-refractivity contribution in [3.05, 3.63) is 40.0 Å². The second-order valence-electron chi connectivity index (χ2n) is 7.26. The highest BCUT2D eigenvalue weighted by Gasteiger charge is 2.31. The van der Waals surface area contributed by atoms with Gasteiger partial charge in [0, 0.05) is 5.57 Å². The van der Waals surface area contributed by atoms with Crippen LogP contribution in [-0.2, 0) is 16.6 Å². The molecule has 0 amide bonds. The van der Waals surface area contributed by atoms with Crippen LogP contribution in [0.15, 0.2) is 12.1 Å². The topological polar surface area (TPSA) is 57.5 Å². The lowest BCUT2D eigenvalue weighted by Crippen LogP contribution is -2.25. The van der Waals surface area contributed by atoms with Gasteiger partial charge in [-0.1, -0.05) is 32.9 Å². The summed E-state index contributed by atoms with van der Waals surface area (Å²) in [5.41, 5.74) is 5.25. The van der Waals surface area contributed by atoms with Crippen molar-refractivity contribution in [2.45, 2.75) is 65.1 Å². The van der Waals surface area contributed by atoms with E-state index in [4.69, 9.17) is 0 Å². The number of carbonyl (C=O) groups excluding carboxylic acids is 1. The molecule has 0 aromatic heterocycles. The van der Waals surface area contributed by atoms with E-state index in [1.807, 2.05) is 6.08 Å². The van der Waals surface area contributed by atoms with Gasteiger partial charge in [0.05, 0.1) is 6.10 Å². The zero-order chi connectivity index (χ0) is 16.7. The Kier molecular flexibility index (Phi) is 4.59. The molecule has 0 spiro atoms. The molecule has 0 saturated carbocycles. The third-order valence-corrected chi connectivity index (χ3v) is 4.43. The predicted molar refractivity (Wildman–Crippen MR) is 88.9 cm³/mol. The number of aliphatic hydroxyl groups excluding tert-OH is 2. The molecule has 1 aromatic carbocycles. The van der Waals surface area contributed by atoms with E-state index in [2.05, 4.69) is 33.8 Å². The summed E-state index contributed by atoms with van der Waals surface area (Å²) < 4.78 is 0. The molecule has 1 aliphatic rings. The molecular formula is C19H26O3. The van der Waals surface area contributed by atoms with Gasteiger partial charge < -0.3 is 10.2 Å². The van der Waals surface area contributed by atoms with Crippen LogP contribution in [0.4, 0.5) is 0 Å². The van der Waals surface area contributed by atoms with Gasteiger partial charge in [-0.2, -0.15) is 0 Å². The Morgan fingerprint density at radius 2 is 1.91 bits per heavy atom. The lowest BCUT2D eigenvalue weighted by molar-refractivity contribution is -0.103. The van der Waals surface area contributed by atoms with Crippen molar-refractivity contribution >= 4 is 11.9 Å². The zero-order valence-electron chi connectivity index (χ0n) is 14.1. The number of aryl methyl sites for hydroxylation is 1. The lowest BCUT2D eigenvalue weighted by atomic mass is 9.74. The number of hydrogen-bond acceptors (Lipinski definition) is 3. The van der Waals surface area contributed by atoms with Gasteiger partial charge in [0.2, 0.25) is 0 Å². The van der Waals surface area contributed by atoms with Gasteiger partial charge >= 0.3 is 0 Å². The SMILES string of the molecule is Cc1cc(C(C)(C)C)c(C(O)C(C)O)c2c1CCC=C2C=O. The number of allylic oxidation sites excluding steroid dienone is 2. The smallest absolute Gasteiger partial charge is 0.150 e. The highest BCUT2D eigenvalue weighted by atomic mass is 16.3. The molecule has 0 aliphatic heterocycles.